The van der Waals surface area contributed by atoms with Crippen LogP contribution >= 0.6 is 11.6 Å². The van der Waals surface area contributed by atoms with Crippen LogP contribution in [-0.2, 0) is 6.54 Å². The number of likely N-dealkylation sites (N-methyl/N-ethyl adjacent to an activating group) is 1. The first-order chi connectivity index (χ1) is 8.16. The molecule has 1 aliphatic rings. The van der Waals surface area contributed by atoms with E-state index in [4.69, 9.17) is 11.6 Å². The molecular formula is C13H19ClN2O. The Morgan fingerprint density at radius 3 is 2.88 bits per heavy atom. The number of nitrogens with one attached hydrogen (secondary N) is 1. The molecule has 0 spiro atoms. The number of phenolic OH excluding ortho intramolecular Hbond substituents is 1. The fourth-order valence-corrected chi connectivity index (χ4v) is 2.05. The maximum Gasteiger partial charge on any atom is 0.134 e. The lowest BCUT2D eigenvalue weighted by Gasteiger charge is -2.15. The van der Waals surface area contributed by atoms with Crippen molar-refractivity contribution in [3.05, 3.63) is 28.8 Å². The second kappa shape index (κ2) is 5.71. The normalized spacial score (nSPS) is 15.5. The second-order valence-electron chi connectivity index (χ2n) is 4.67. The van der Waals surface area contributed by atoms with Crippen LogP contribution in [0.4, 0.5) is 0 Å². The highest BCUT2D eigenvalue weighted by Crippen LogP contribution is 2.25. The molecular weight excluding hydrogens is 236 g/mol. The van der Waals surface area contributed by atoms with Gasteiger partial charge in [0.05, 0.1) is 5.02 Å². The largest absolute Gasteiger partial charge is 0.506 e. The molecule has 1 fully saturated rings. The van der Waals surface area contributed by atoms with Crippen LogP contribution in [0.15, 0.2) is 18.2 Å². The average Bonchev–Trinajstić information content (AvgIpc) is 3.13. The van der Waals surface area contributed by atoms with Crippen LogP contribution in [0.25, 0.3) is 0 Å². The van der Waals surface area contributed by atoms with Crippen LogP contribution in [-0.4, -0.2) is 36.2 Å². The third-order valence-electron chi connectivity index (χ3n) is 3.15. The summed E-state index contributed by atoms with van der Waals surface area (Å²) < 4.78 is 0. The lowest BCUT2D eigenvalue weighted by Crippen LogP contribution is -2.30. The van der Waals surface area contributed by atoms with Crippen molar-refractivity contribution in [2.75, 3.05) is 20.1 Å². The fourth-order valence-electron chi connectivity index (χ4n) is 1.85. The lowest BCUT2D eigenvalue weighted by molar-refractivity contribution is 0.321. The van der Waals surface area contributed by atoms with Gasteiger partial charge >= 0.3 is 0 Å². The van der Waals surface area contributed by atoms with Gasteiger partial charge < -0.3 is 15.3 Å². The van der Waals surface area contributed by atoms with Crippen LogP contribution in [0.1, 0.15) is 18.4 Å². The zero-order valence-corrected chi connectivity index (χ0v) is 10.9. The highest BCUT2D eigenvalue weighted by Gasteiger charge is 2.25. The van der Waals surface area contributed by atoms with Gasteiger partial charge in [-0.05, 0) is 37.6 Å². The summed E-state index contributed by atoms with van der Waals surface area (Å²) in [5.74, 6) is 0.142. The molecule has 1 aromatic rings. The average molecular weight is 255 g/mol. The Balaban J connectivity index is 1.68. The fraction of sp³-hybridized carbons (Fsp3) is 0.538. The van der Waals surface area contributed by atoms with Crippen molar-refractivity contribution in [2.45, 2.75) is 25.4 Å². The molecule has 0 unspecified atom stereocenters. The number of hydrogen-bond acceptors (Lipinski definition) is 3. The molecule has 17 heavy (non-hydrogen) atoms. The van der Waals surface area contributed by atoms with Gasteiger partial charge in [0.25, 0.3) is 0 Å². The Morgan fingerprint density at radius 1 is 1.47 bits per heavy atom. The minimum Gasteiger partial charge on any atom is -0.506 e. The van der Waals surface area contributed by atoms with E-state index in [-0.39, 0.29) is 5.75 Å². The molecule has 1 aliphatic carbocycles. The Morgan fingerprint density at radius 2 is 2.24 bits per heavy atom. The standard InChI is InChI=1S/C13H19ClN2O/c1-16(11-3-4-11)7-6-15-9-10-2-5-13(17)12(14)8-10/h2,5,8,11,15,17H,3-4,6-7,9H2,1H3. The molecule has 1 aromatic carbocycles. The summed E-state index contributed by atoms with van der Waals surface area (Å²) in [6, 6.07) is 6.14. The van der Waals surface area contributed by atoms with Gasteiger partial charge in [-0.3, -0.25) is 0 Å². The van der Waals surface area contributed by atoms with E-state index >= 15 is 0 Å². The van der Waals surface area contributed by atoms with Crippen LogP contribution in [0.3, 0.4) is 0 Å². The van der Waals surface area contributed by atoms with Gasteiger partial charge in [0.2, 0.25) is 0 Å². The lowest BCUT2D eigenvalue weighted by atomic mass is 10.2. The molecule has 0 amide bonds. The molecule has 0 aromatic heterocycles. The van der Waals surface area contributed by atoms with Crippen LogP contribution < -0.4 is 5.32 Å². The Bertz CT molecular complexity index is 380. The molecule has 0 bridgehead atoms. The maximum absolute atomic E-state index is 9.30. The number of benzene rings is 1. The number of phenols is 1. The van der Waals surface area contributed by atoms with E-state index < -0.39 is 0 Å². The minimum atomic E-state index is 0.142. The van der Waals surface area contributed by atoms with Crippen molar-refractivity contribution in [1.82, 2.24) is 10.2 Å². The van der Waals surface area contributed by atoms with Gasteiger partial charge in [-0.25, -0.2) is 0 Å². The number of hydrogen-bond donors (Lipinski definition) is 2. The zero-order valence-electron chi connectivity index (χ0n) is 10.1. The quantitative estimate of drug-likeness (QED) is 0.765. The first kappa shape index (κ1) is 12.7. The number of halogens is 1. The molecule has 94 valence electrons. The molecule has 0 atom stereocenters. The molecule has 0 radical (unpaired) electrons. The van der Waals surface area contributed by atoms with E-state index in [9.17, 15) is 5.11 Å². The molecule has 0 saturated heterocycles. The molecule has 3 nitrogen and oxygen atoms in total. The zero-order chi connectivity index (χ0) is 12.3. The Hall–Kier alpha value is -0.770. The van der Waals surface area contributed by atoms with Gasteiger partial charge in [-0.15, -0.1) is 0 Å². The summed E-state index contributed by atoms with van der Waals surface area (Å²) in [4.78, 5) is 2.40. The predicted molar refractivity (Wildman–Crippen MR) is 70.5 cm³/mol. The molecule has 4 heteroatoms. The maximum atomic E-state index is 9.30. The van der Waals surface area contributed by atoms with Gasteiger partial charge in [0, 0.05) is 25.7 Å². The van der Waals surface area contributed by atoms with Crippen molar-refractivity contribution in [1.29, 1.82) is 0 Å². The summed E-state index contributed by atoms with van der Waals surface area (Å²) >= 11 is 5.84. The summed E-state index contributed by atoms with van der Waals surface area (Å²) in [7, 11) is 2.18. The molecule has 2 N–H and O–H groups in total. The number of aromatic hydroxyl groups is 1. The van der Waals surface area contributed by atoms with E-state index in [1.165, 1.54) is 12.8 Å². The topological polar surface area (TPSA) is 35.5 Å². The van der Waals surface area contributed by atoms with Crippen LogP contribution in [0, 0.1) is 0 Å². The summed E-state index contributed by atoms with van der Waals surface area (Å²) in [6.07, 6.45) is 2.70. The van der Waals surface area contributed by atoms with E-state index in [1.807, 2.05) is 6.07 Å². The van der Waals surface area contributed by atoms with Crippen LogP contribution in [0.2, 0.25) is 5.02 Å². The van der Waals surface area contributed by atoms with Crippen molar-refractivity contribution in [2.24, 2.45) is 0 Å². The van der Waals surface area contributed by atoms with Gasteiger partial charge in [0.15, 0.2) is 0 Å². The van der Waals surface area contributed by atoms with Crippen molar-refractivity contribution in [3.63, 3.8) is 0 Å². The van der Waals surface area contributed by atoms with E-state index in [2.05, 4.69) is 17.3 Å². The van der Waals surface area contributed by atoms with Gasteiger partial charge in [-0.2, -0.15) is 0 Å². The third kappa shape index (κ3) is 3.87. The van der Waals surface area contributed by atoms with E-state index in [1.54, 1.807) is 12.1 Å². The second-order valence-corrected chi connectivity index (χ2v) is 5.08. The Kier molecular flexibility index (Phi) is 4.26. The SMILES string of the molecule is CN(CCNCc1ccc(O)c(Cl)c1)C1CC1. The predicted octanol–water partition coefficient (Wildman–Crippen LogP) is 2.23. The summed E-state index contributed by atoms with van der Waals surface area (Å²) in [6.45, 7) is 2.85. The molecule has 2 rings (SSSR count). The van der Waals surface area contributed by atoms with Gasteiger partial charge in [0.1, 0.15) is 5.75 Å². The summed E-state index contributed by atoms with van der Waals surface area (Å²) in [5, 5.41) is 13.1. The van der Waals surface area contributed by atoms with Crippen LogP contribution in [0.5, 0.6) is 5.75 Å². The smallest absolute Gasteiger partial charge is 0.134 e. The molecule has 0 aliphatic heterocycles. The first-order valence-corrected chi connectivity index (χ1v) is 6.43. The summed E-state index contributed by atoms with van der Waals surface area (Å²) in [5.41, 5.74) is 1.10. The van der Waals surface area contributed by atoms with Crippen molar-refractivity contribution in [3.8, 4) is 5.75 Å². The molecule has 0 heterocycles. The van der Waals surface area contributed by atoms with Crippen molar-refractivity contribution < 1.29 is 5.11 Å². The minimum absolute atomic E-state index is 0.142. The number of nitrogens with zero attached hydrogens (tertiary/aromatic N) is 1. The van der Waals surface area contributed by atoms with E-state index in [0.717, 1.165) is 31.2 Å². The highest BCUT2D eigenvalue weighted by molar-refractivity contribution is 6.32. The van der Waals surface area contributed by atoms with Gasteiger partial charge in [-0.1, -0.05) is 17.7 Å². The van der Waals surface area contributed by atoms with E-state index in [0.29, 0.717) is 5.02 Å². The Labute approximate surface area is 107 Å². The van der Waals surface area contributed by atoms with Crippen molar-refractivity contribution >= 4 is 11.6 Å². The highest BCUT2D eigenvalue weighted by atomic mass is 35.5. The monoisotopic (exact) mass is 254 g/mol. The first-order valence-electron chi connectivity index (χ1n) is 6.05. The third-order valence-corrected chi connectivity index (χ3v) is 3.46. The molecule has 1 saturated carbocycles. The number of rotatable bonds is 6.